The zero-order chi connectivity index (χ0) is 21.6. The molecule has 156 valence electrons. The highest BCUT2D eigenvalue weighted by Gasteiger charge is 2.59. The molecule has 9 heteroatoms. The Balaban J connectivity index is 2.17. The number of phenolic OH excluding ortho intramolecular Hbond substituents is 1. The van der Waals surface area contributed by atoms with Gasteiger partial charge in [0, 0.05) is 17.5 Å². The number of aliphatic hydroxyl groups is 1. The number of likely N-dealkylation sites (N-methyl/N-ethyl adjacent to an activating group) is 1. The van der Waals surface area contributed by atoms with Crippen molar-refractivity contribution in [3.05, 3.63) is 52.5 Å². The van der Waals surface area contributed by atoms with Crippen LogP contribution in [0, 0.1) is 0 Å². The Morgan fingerprint density at radius 2 is 1.93 bits per heavy atom. The number of carbonyl (C=O) groups excluding carboxylic acids is 1. The third-order valence-electron chi connectivity index (χ3n) is 5.17. The Labute approximate surface area is 170 Å². The molecule has 2 aromatic rings. The summed E-state index contributed by atoms with van der Waals surface area (Å²) in [6.45, 7) is 2.92. The molecule has 2 aromatic carbocycles. The van der Waals surface area contributed by atoms with Crippen molar-refractivity contribution in [2.45, 2.75) is 31.5 Å². The van der Waals surface area contributed by atoms with Gasteiger partial charge in [-0.3, -0.25) is 4.79 Å². The predicted octanol–water partition coefficient (Wildman–Crippen LogP) is 4.34. The lowest BCUT2D eigenvalue weighted by Crippen LogP contribution is -2.47. The topological polar surface area (TPSA) is 70.0 Å². The van der Waals surface area contributed by atoms with Crippen molar-refractivity contribution in [3.8, 4) is 11.5 Å². The molecule has 1 amide bonds. The first-order valence-corrected chi connectivity index (χ1v) is 9.23. The van der Waals surface area contributed by atoms with E-state index in [-0.39, 0.29) is 46.8 Å². The summed E-state index contributed by atoms with van der Waals surface area (Å²) in [6.07, 6.45) is -5.06. The molecule has 0 aromatic heterocycles. The van der Waals surface area contributed by atoms with Gasteiger partial charge in [0.15, 0.2) is 12.2 Å². The van der Waals surface area contributed by atoms with Crippen LogP contribution in [0.3, 0.4) is 0 Å². The molecular weight excluding hydrogens is 411 g/mol. The number of phenols is 1. The van der Waals surface area contributed by atoms with Gasteiger partial charge in [0.2, 0.25) is 0 Å². The number of hydrogen-bond donors (Lipinski definition) is 2. The van der Waals surface area contributed by atoms with Crippen molar-refractivity contribution in [1.29, 1.82) is 0 Å². The number of fused-ring (bicyclic) bond motifs is 1. The molecule has 2 unspecified atom stereocenters. The summed E-state index contributed by atoms with van der Waals surface area (Å²) in [4.78, 5) is 13.4. The number of halogens is 4. The van der Waals surface area contributed by atoms with Gasteiger partial charge in [-0.2, -0.15) is 13.2 Å². The summed E-state index contributed by atoms with van der Waals surface area (Å²) in [5.41, 5.74) is -3.57. The van der Waals surface area contributed by atoms with Crippen LogP contribution in [0.4, 0.5) is 18.9 Å². The van der Waals surface area contributed by atoms with E-state index >= 15 is 0 Å². The van der Waals surface area contributed by atoms with Gasteiger partial charge in [-0.15, -0.1) is 0 Å². The third-order valence-corrected chi connectivity index (χ3v) is 5.49. The fourth-order valence-electron chi connectivity index (χ4n) is 3.54. The highest BCUT2D eigenvalue weighted by molar-refractivity contribution is 6.31. The summed E-state index contributed by atoms with van der Waals surface area (Å²) in [5, 5.41) is 20.4. The van der Waals surface area contributed by atoms with Crippen LogP contribution in [0.2, 0.25) is 5.02 Å². The Hall–Kier alpha value is -2.45. The molecule has 29 heavy (non-hydrogen) atoms. The van der Waals surface area contributed by atoms with E-state index in [2.05, 4.69) is 0 Å². The molecule has 2 atom stereocenters. The minimum Gasteiger partial charge on any atom is -0.508 e. The Morgan fingerprint density at radius 3 is 2.52 bits per heavy atom. The molecule has 3 rings (SSSR count). The molecule has 5 nitrogen and oxygen atoms in total. The second-order valence-corrected chi connectivity index (χ2v) is 7.21. The number of aromatic hydroxyl groups is 1. The highest BCUT2D eigenvalue weighted by Crippen LogP contribution is 2.51. The van der Waals surface area contributed by atoms with Crippen LogP contribution in [0.5, 0.6) is 11.5 Å². The van der Waals surface area contributed by atoms with Crippen molar-refractivity contribution in [3.63, 3.8) is 0 Å². The van der Waals surface area contributed by atoms with E-state index in [9.17, 15) is 28.2 Å². The number of ether oxygens (including phenoxy) is 1. The van der Waals surface area contributed by atoms with Crippen molar-refractivity contribution in [2.24, 2.45) is 0 Å². The van der Waals surface area contributed by atoms with E-state index in [1.165, 1.54) is 30.0 Å². The van der Waals surface area contributed by atoms with Crippen LogP contribution in [0.15, 0.2) is 36.4 Å². The summed E-state index contributed by atoms with van der Waals surface area (Å²) in [7, 11) is 0. The maximum Gasteiger partial charge on any atom is 0.422 e. The van der Waals surface area contributed by atoms with Crippen LogP contribution < -0.4 is 9.64 Å². The smallest absolute Gasteiger partial charge is 0.422 e. The first-order chi connectivity index (χ1) is 13.5. The summed E-state index contributed by atoms with van der Waals surface area (Å²) in [6, 6.07) is 7.11. The van der Waals surface area contributed by atoms with Crippen LogP contribution in [-0.4, -0.2) is 35.4 Å². The maximum absolute atomic E-state index is 14.2. The van der Waals surface area contributed by atoms with E-state index < -0.39 is 23.3 Å². The van der Waals surface area contributed by atoms with Gasteiger partial charge >= 0.3 is 6.18 Å². The lowest BCUT2D eigenvalue weighted by molar-refractivity contribution is -0.274. The molecule has 1 aliphatic rings. The van der Waals surface area contributed by atoms with E-state index in [4.69, 9.17) is 16.3 Å². The number of anilines is 1. The van der Waals surface area contributed by atoms with Crippen molar-refractivity contribution < 1.29 is 32.9 Å². The minimum absolute atomic E-state index is 0.0155. The lowest BCUT2D eigenvalue weighted by atomic mass is 9.77. The molecule has 0 saturated carbocycles. The van der Waals surface area contributed by atoms with Crippen molar-refractivity contribution >= 4 is 23.2 Å². The lowest BCUT2D eigenvalue weighted by Gasteiger charge is -2.38. The Bertz CT molecular complexity index is 950. The fraction of sp³-hybridized carbons (Fsp3) is 0.350. The van der Waals surface area contributed by atoms with E-state index in [0.717, 1.165) is 18.2 Å². The number of hydrogen-bond acceptors (Lipinski definition) is 4. The minimum atomic E-state index is -5.06. The molecule has 0 radical (unpaired) electrons. The number of amides is 1. The van der Waals surface area contributed by atoms with Gasteiger partial charge in [0.1, 0.15) is 11.5 Å². The van der Waals surface area contributed by atoms with Crippen LogP contribution in [0.25, 0.3) is 0 Å². The molecule has 0 fully saturated rings. The Morgan fingerprint density at radius 1 is 1.24 bits per heavy atom. The number of carbonyl (C=O) groups is 1. The number of nitrogens with zero attached hydrogens (tertiary/aromatic N) is 1. The number of benzene rings is 2. The predicted molar refractivity (Wildman–Crippen MR) is 101 cm³/mol. The van der Waals surface area contributed by atoms with Crippen LogP contribution >= 0.6 is 11.6 Å². The molecule has 1 aliphatic heterocycles. The second-order valence-electron chi connectivity index (χ2n) is 6.80. The summed E-state index contributed by atoms with van der Waals surface area (Å²) < 4.78 is 47.8. The van der Waals surface area contributed by atoms with E-state index in [0.29, 0.717) is 0 Å². The molecule has 2 N–H and O–H groups in total. The van der Waals surface area contributed by atoms with Gasteiger partial charge in [-0.05, 0) is 42.3 Å². The average molecular weight is 430 g/mol. The normalized spacial score (nSPS) is 17.3. The zero-order valence-corrected chi connectivity index (χ0v) is 16.4. The van der Waals surface area contributed by atoms with Gasteiger partial charge in [-0.25, -0.2) is 0 Å². The Kier molecular flexibility index (Phi) is 5.44. The quantitative estimate of drug-likeness (QED) is 0.758. The summed E-state index contributed by atoms with van der Waals surface area (Å²) in [5.74, 6) is -1.84. The van der Waals surface area contributed by atoms with Gasteiger partial charge in [0.25, 0.3) is 5.91 Å². The first-order valence-electron chi connectivity index (χ1n) is 8.85. The first kappa shape index (κ1) is 21.3. The molecule has 0 saturated heterocycles. The molecular formula is C20H19ClF3NO4. The molecule has 0 spiro atoms. The van der Waals surface area contributed by atoms with Crippen molar-refractivity contribution in [1.82, 2.24) is 0 Å². The SMILES string of the molecule is CCN1C(=O)COc2ccc(C(O)(C(C)c3ccc(O)cc3Cl)C(F)(F)F)cc21. The van der Waals surface area contributed by atoms with Gasteiger partial charge in [0.05, 0.1) is 5.69 Å². The zero-order valence-electron chi connectivity index (χ0n) is 15.6. The van der Waals surface area contributed by atoms with Crippen LogP contribution in [-0.2, 0) is 10.4 Å². The standard InChI is InChI=1S/C20H19ClF3NO4/c1-3-25-16-8-12(4-7-17(16)29-10-18(25)27)19(28,20(22,23)24)11(2)14-6-5-13(26)9-15(14)21/h4-9,11,26,28H,3,10H2,1-2H3. The molecule has 1 heterocycles. The largest absolute Gasteiger partial charge is 0.508 e. The van der Waals surface area contributed by atoms with Crippen molar-refractivity contribution in [2.75, 3.05) is 18.1 Å². The molecule has 0 aliphatic carbocycles. The highest BCUT2D eigenvalue weighted by atomic mass is 35.5. The van der Waals surface area contributed by atoms with E-state index in [1.807, 2.05) is 0 Å². The number of rotatable bonds is 4. The molecule has 0 bridgehead atoms. The average Bonchev–Trinajstić information content (AvgIpc) is 2.65. The fourth-order valence-corrected chi connectivity index (χ4v) is 3.88. The second kappa shape index (κ2) is 7.42. The monoisotopic (exact) mass is 429 g/mol. The third kappa shape index (κ3) is 3.51. The maximum atomic E-state index is 14.2. The van der Waals surface area contributed by atoms with Crippen LogP contribution in [0.1, 0.15) is 30.9 Å². The van der Waals surface area contributed by atoms with E-state index in [1.54, 1.807) is 6.92 Å². The van der Waals surface area contributed by atoms with Gasteiger partial charge < -0.3 is 19.8 Å². The number of alkyl halides is 3. The van der Waals surface area contributed by atoms with Gasteiger partial charge in [-0.1, -0.05) is 30.7 Å². The summed E-state index contributed by atoms with van der Waals surface area (Å²) >= 11 is 6.04.